The Bertz CT molecular complexity index is 411. The van der Waals surface area contributed by atoms with Gasteiger partial charge in [0, 0.05) is 44.2 Å². The second-order valence-electron chi connectivity index (χ2n) is 5.04. The molecule has 0 bridgehead atoms. The molecule has 1 fully saturated rings. The highest BCUT2D eigenvalue weighted by Crippen LogP contribution is 2.15. The third-order valence-electron chi connectivity index (χ3n) is 3.56. The van der Waals surface area contributed by atoms with Crippen LogP contribution in [0.15, 0.2) is 24.3 Å². The minimum Gasteiger partial charge on any atom is -0.497 e. The molecule has 1 aliphatic heterocycles. The van der Waals surface area contributed by atoms with Gasteiger partial charge in [-0.05, 0) is 24.3 Å². The number of carbonyl (C=O) groups excluding carboxylic acids is 1. The van der Waals surface area contributed by atoms with Crippen molar-refractivity contribution >= 4 is 5.78 Å². The highest BCUT2D eigenvalue weighted by molar-refractivity contribution is 5.97. The summed E-state index contributed by atoms with van der Waals surface area (Å²) in [6.07, 6.45) is 0. The summed E-state index contributed by atoms with van der Waals surface area (Å²) in [7, 11) is 1.63. The Kier molecular flexibility index (Phi) is 4.93. The molecule has 0 aromatic heterocycles. The zero-order valence-electron chi connectivity index (χ0n) is 11.7. The van der Waals surface area contributed by atoms with E-state index >= 15 is 0 Å². The number of hydrogen-bond donors (Lipinski definition) is 1. The van der Waals surface area contributed by atoms with Crippen LogP contribution in [0.1, 0.15) is 17.3 Å². The van der Waals surface area contributed by atoms with Gasteiger partial charge in [-0.25, -0.2) is 0 Å². The first-order chi connectivity index (χ1) is 9.20. The van der Waals surface area contributed by atoms with E-state index in [1.807, 2.05) is 31.2 Å². The van der Waals surface area contributed by atoms with Crippen LogP contribution in [0.5, 0.6) is 5.75 Å². The fourth-order valence-corrected chi connectivity index (χ4v) is 2.40. The van der Waals surface area contributed by atoms with Crippen molar-refractivity contribution in [2.75, 3.05) is 39.8 Å². The molecule has 1 unspecified atom stereocenters. The molecule has 1 aliphatic rings. The van der Waals surface area contributed by atoms with E-state index in [0.29, 0.717) is 0 Å². The number of hydrogen-bond acceptors (Lipinski definition) is 4. The van der Waals surface area contributed by atoms with Crippen molar-refractivity contribution in [1.29, 1.82) is 0 Å². The lowest BCUT2D eigenvalue weighted by Gasteiger charge is -2.29. The molecule has 1 heterocycles. The Morgan fingerprint density at radius 1 is 1.32 bits per heavy atom. The molecule has 1 N–H and O–H groups in total. The zero-order chi connectivity index (χ0) is 13.7. The molecule has 1 aromatic rings. The van der Waals surface area contributed by atoms with E-state index in [4.69, 9.17) is 4.74 Å². The molecule has 0 saturated carbocycles. The number of piperazine rings is 1. The van der Waals surface area contributed by atoms with Crippen LogP contribution in [0.2, 0.25) is 0 Å². The molecule has 4 heteroatoms. The van der Waals surface area contributed by atoms with Gasteiger partial charge in [0.1, 0.15) is 5.75 Å². The summed E-state index contributed by atoms with van der Waals surface area (Å²) in [5.41, 5.74) is 0.767. The van der Waals surface area contributed by atoms with Gasteiger partial charge in [-0.2, -0.15) is 0 Å². The standard InChI is InChI=1S/C15H22N2O2/c1-12(11-17-9-7-16-8-10-17)15(18)13-3-5-14(19-2)6-4-13/h3-6,12,16H,7-11H2,1-2H3. The first-order valence-electron chi connectivity index (χ1n) is 6.82. The highest BCUT2D eigenvalue weighted by atomic mass is 16.5. The summed E-state index contributed by atoms with van der Waals surface area (Å²) in [5.74, 6) is 1.03. The van der Waals surface area contributed by atoms with Crippen molar-refractivity contribution in [2.45, 2.75) is 6.92 Å². The van der Waals surface area contributed by atoms with E-state index in [-0.39, 0.29) is 11.7 Å². The van der Waals surface area contributed by atoms with Crippen LogP contribution in [-0.2, 0) is 0 Å². The number of Topliss-reactive ketones (excluding diaryl/α,β-unsaturated/α-hetero) is 1. The number of carbonyl (C=O) groups is 1. The number of methoxy groups -OCH3 is 1. The molecular formula is C15H22N2O2. The van der Waals surface area contributed by atoms with Crippen molar-refractivity contribution < 1.29 is 9.53 Å². The molecule has 0 spiro atoms. The molecule has 1 atom stereocenters. The molecular weight excluding hydrogens is 240 g/mol. The SMILES string of the molecule is COc1ccc(C(=O)C(C)CN2CCNCC2)cc1. The summed E-state index contributed by atoms with van der Waals surface area (Å²) in [5, 5.41) is 3.32. The summed E-state index contributed by atoms with van der Waals surface area (Å²) < 4.78 is 5.10. The largest absolute Gasteiger partial charge is 0.497 e. The lowest BCUT2D eigenvalue weighted by molar-refractivity contribution is 0.0887. The van der Waals surface area contributed by atoms with Gasteiger partial charge in [0.05, 0.1) is 7.11 Å². The van der Waals surface area contributed by atoms with Crippen LogP contribution < -0.4 is 10.1 Å². The van der Waals surface area contributed by atoms with E-state index in [9.17, 15) is 4.79 Å². The Morgan fingerprint density at radius 3 is 2.53 bits per heavy atom. The van der Waals surface area contributed by atoms with Crippen LogP contribution >= 0.6 is 0 Å². The fourth-order valence-electron chi connectivity index (χ4n) is 2.40. The van der Waals surface area contributed by atoms with Gasteiger partial charge in [-0.3, -0.25) is 4.79 Å². The molecule has 0 aliphatic carbocycles. The third-order valence-corrected chi connectivity index (χ3v) is 3.56. The van der Waals surface area contributed by atoms with Gasteiger partial charge in [-0.15, -0.1) is 0 Å². The van der Waals surface area contributed by atoms with Crippen LogP contribution in [0.4, 0.5) is 0 Å². The molecule has 2 rings (SSSR count). The smallest absolute Gasteiger partial charge is 0.166 e. The number of ether oxygens (including phenoxy) is 1. The Balaban J connectivity index is 1.93. The maximum Gasteiger partial charge on any atom is 0.166 e. The predicted molar refractivity (Wildman–Crippen MR) is 75.8 cm³/mol. The number of nitrogens with one attached hydrogen (secondary N) is 1. The van der Waals surface area contributed by atoms with Crippen LogP contribution in [0, 0.1) is 5.92 Å². The van der Waals surface area contributed by atoms with E-state index in [1.54, 1.807) is 7.11 Å². The second kappa shape index (κ2) is 6.68. The van der Waals surface area contributed by atoms with Crippen molar-refractivity contribution in [1.82, 2.24) is 10.2 Å². The van der Waals surface area contributed by atoms with Crippen LogP contribution in [0.3, 0.4) is 0 Å². The minimum absolute atomic E-state index is 0.0338. The lowest BCUT2D eigenvalue weighted by atomic mass is 9.98. The topological polar surface area (TPSA) is 41.6 Å². The second-order valence-corrected chi connectivity index (χ2v) is 5.04. The summed E-state index contributed by atoms with van der Waals surface area (Å²) in [4.78, 5) is 14.7. The molecule has 0 radical (unpaired) electrons. The number of ketones is 1. The van der Waals surface area contributed by atoms with E-state index in [2.05, 4.69) is 10.2 Å². The Hall–Kier alpha value is -1.39. The fraction of sp³-hybridized carbons (Fsp3) is 0.533. The van der Waals surface area contributed by atoms with Gasteiger partial charge in [0.15, 0.2) is 5.78 Å². The maximum atomic E-state index is 12.3. The predicted octanol–water partition coefficient (Wildman–Crippen LogP) is 1.42. The maximum absolute atomic E-state index is 12.3. The minimum atomic E-state index is 0.0338. The first-order valence-corrected chi connectivity index (χ1v) is 6.82. The number of nitrogens with zero attached hydrogens (tertiary/aromatic N) is 1. The first kappa shape index (κ1) is 14.0. The average Bonchev–Trinajstić information content (AvgIpc) is 2.47. The summed E-state index contributed by atoms with van der Waals surface area (Å²) >= 11 is 0. The Labute approximate surface area is 114 Å². The van der Waals surface area contributed by atoms with Gasteiger partial charge in [-0.1, -0.05) is 6.92 Å². The van der Waals surface area contributed by atoms with Gasteiger partial charge < -0.3 is 15.0 Å². The average molecular weight is 262 g/mol. The highest BCUT2D eigenvalue weighted by Gasteiger charge is 2.19. The normalized spacial score (nSPS) is 18.0. The van der Waals surface area contributed by atoms with Crippen LogP contribution in [0.25, 0.3) is 0 Å². The molecule has 0 amide bonds. The molecule has 104 valence electrons. The molecule has 1 saturated heterocycles. The molecule has 1 aromatic carbocycles. The molecule has 4 nitrogen and oxygen atoms in total. The van der Waals surface area contributed by atoms with E-state index in [1.165, 1.54) is 0 Å². The van der Waals surface area contributed by atoms with Crippen molar-refractivity contribution in [3.8, 4) is 5.75 Å². The van der Waals surface area contributed by atoms with Gasteiger partial charge in [0.25, 0.3) is 0 Å². The number of rotatable bonds is 5. The number of benzene rings is 1. The van der Waals surface area contributed by atoms with Gasteiger partial charge >= 0.3 is 0 Å². The third kappa shape index (κ3) is 3.78. The van der Waals surface area contributed by atoms with Crippen molar-refractivity contribution in [3.63, 3.8) is 0 Å². The van der Waals surface area contributed by atoms with E-state index in [0.717, 1.165) is 44.0 Å². The van der Waals surface area contributed by atoms with Crippen molar-refractivity contribution in [2.24, 2.45) is 5.92 Å². The molecule has 19 heavy (non-hydrogen) atoms. The lowest BCUT2D eigenvalue weighted by Crippen LogP contribution is -2.45. The summed E-state index contributed by atoms with van der Waals surface area (Å²) in [6, 6.07) is 7.36. The summed E-state index contributed by atoms with van der Waals surface area (Å²) in [6.45, 7) is 6.94. The monoisotopic (exact) mass is 262 g/mol. The van der Waals surface area contributed by atoms with Crippen LogP contribution in [-0.4, -0.2) is 50.5 Å². The Morgan fingerprint density at radius 2 is 1.95 bits per heavy atom. The van der Waals surface area contributed by atoms with Crippen molar-refractivity contribution in [3.05, 3.63) is 29.8 Å². The van der Waals surface area contributed by atoms with Gasteiger partial charge in [0.2, 0.25) is 0 Å². The zero-order valence-corrected chi connectivity index (χ0v) is 11.7. The van der Waals surface area contributed by atoms with E-state index < -0.39 is 0 Å². The quantitative estimate of drug-likeness (QED) is 0.815.